The third-order valence-electron chi connectivity index (χ3n) is 4.47. The maximum absolute atomic E-state index is 12.6. The molecule has 0 aromatic heterocycles. The molecule has 1 aromatic carbocycles. The Labute approximate surface area is 138 Å². The Balaban J connectivity index is 2.56. The summed E-state index contributed by atoms with van der Waals surface area (Å²) in [7, 11) is 1.21. The number of esters is 1. The Morgan fingerprint density at radius 1 is 1.39 bits per heavy atom. The van der Waals surface area contributed by atoms with E-state index < -0.39 is 28.8 Å². The van der Waals surface area contributed by atoms with Crippen LogP contribution in [0, 0.1) is 15.5 Å². The first-order valence-corrected chi connectivity index (χ1v) is 7.78. The van der Waals surface area contributed by atoms with Crippen LogP contribution in [0.15, 0.2) is 24.3 Å². The third kappa shape index (κ3) is 3.37. The first-order valence-electron chi connectivity index (χ1n) is 7.41. The first-order chi connectivity index (χ1) is 10.9. The van der Waals surface area contributed by atoms with E-state index in [4.69, 9.17) is 16.3 Å². The first kappa shape index (κ1) is 17.4. The van der Waals surface area contributed by atoms with Gasteiger partial charge in [-0.1, -0.05) is 30.2 Å². The highest BCUT2D eigenvalue weighted by molar-refractivity contribution is 6.30. The molecule has 0 heterocycles. The number of ketones is 1. The second-order valence-corrected chi connectivity index (χ2v) is 6.15. The van der Waals surface area contributed by atoms with Crippen LogP contribution in [0.4, 0.5) is 0 Å². The number of benzene rings is 1. The van der Waals surface area contributed by atoms with Crippen molar-refractivity contribution in [2.75, 3.05) is 13.7 Å². The SMILES string of the molecule is COC(=O)[C@]1([C@H](C[N+](=O)[O-])c2ccc(Cl)cc2)CCCCC1=O. The number of ether oxygens (including phenoxy) is 1. The lowest BCUT2D eigenvalue weighted by molar-refractivity contribution is -0.485. The second-order valence-electron chi connectivity index (χ2n) is 5.71. The molecule has 1 aromatic rings. The van der Waals surface area contributed by atoms with Crippen molar-refractivity contribution in [3.8, 4) is 0 Å². The van der Waals surface area contributed by atoms with Crippen LogP contribution in [0.2, 0.25) is 5.02 Å². The minimum absolute atomic E-state index is 0.233. The number of Topliss-reactive ketones (excluding diaryl/α,β-unsaturated/α-hetero) is 1. The molecule has 124 valence electrons. The highest BCUT2D eigenvalue weighted by Crippen LogP contribution is 2.46. The molecule has 0 unspecified atom stereocenters. The van der Waals surface area contributed by atoms with Gasteiger partial charge in [0.25, 0.3) is 0 Å². The summed E-state index contributed by atoms with van der Waals surface area (Å²) in [6.07, 6.45) is 1.84. The maximum atomic E-state index is 12.6. The van der Waals surface area contributed by atoms with Crippen LogP contribution >= 0.6 is 11.6 Å². The smallest absolute Gasteiger partial charge is 0.320 e. The maximum Gasteiger partial charge on any atom is 0.320 e. The lowest BCUT2D eigenvalue weighted by Gasteiger charge is -2.38. The number of nitro groups is 1. The largest absolute Gasteiger partial charge is 0.468 e. The van der Waals surface area contributed by atoms with Gasteiger partial charge in [0.15, 0.2) is 5.78 Å². The summed E-state index contributed by atoms with van der Waals surface area (Å²) < 4.78 is 4.86. The van der Waals surface area contributed by atoms with Gasteiger partial charge in [0, 0.05) is 16.4 Å². The molecule has 0 bridgehead atoms. The Morgan fingerprint density at radius 3 is 2.57 bits per heavy atom. The summed E-state index contributed by atoms with van der Waals surface area (Å²) in [5.41, 5.74) is -0.944. The van der Waals surface area contributed by atoms with E-state index in [1.54, 1.807) is 24.3 Å². The van der Waals surface area contributed by atoms with Gasteiger partial charge >= 0.3 is 5.97 Å². The minimum Gasteiger partial charge on any atom is -0.468 e. The van der Waals surface area contributed by atoms with Gasteiger partial charge in [0.1, 0.15) is 5.41 Å². The van der Waals surface area contributed by atoms with Gasteiger partial charge in [0.05, 0.1) is 13.0 Å². The topological polar surface area (TPSA) is 86.5 Å². The number of hydrogen-bond acceptors (Lipinski definition) is 5. The van der Waals surface area contributed by atoms with Gasteiger partial charge in [-0.25, -0.2) is 0 Å². The van der Waals surface area contributed by atoms with Crippen molar-refractivity contribution in [1.82, 2.24) is 0 Å². The average Bonchev–Trinajstić information content (AvgIpc) is 2.53. The molecule has 0 spiro atoms. The van der Waals surface area contributed by atoms with E-state index in [0.29, 0.717) is 23.4 Å². The molecular weight excluding hydrogens is 322 g/mol. The molecule has 2 rings (SSSR count). The quantitative estimate of drug-likeness (QED) is 0.356. The number of carbonyl (C=O) groups excluding carboxylic acids is 2. The van der Waals surface area contributed by atoms with Gasteiger partial charge in [-0.15, -0.1) is 0 Å². The van der Waals surface area contributed by atoms with Crippen molar-refractivity contribution in [3.05, 3.63) is 45.0 Å². The molecule has 2 atom stereocenters. The molecule has 23 heavy (non-hydrogen) atoms. The summed E-state index contributed by atoms with van der Waals surface area (Å²) in [5.74, 6) is -1.84. The Kier molecular flexibility index (Phi) is 5.36. The summed E-state index contributed by atoms with van der Waals surface area (Å²) in [6.45, 7) is -0.511. The number of halogens is 1. The molecule has 1 fully saturated rings. The molecule has 1 aliphatic rings. The normalized spacial score (nSPS) is 22.4. The molecule has 1 aliphatic carbocycles. The van der Waals surface area contributed by atoms with Crippen LogP contribution < -0.4 is 0 Å². The monoisotopic (exact) mass is 339 g/mol. The van der Waals surface area contributed by atoms with E-state index in [1.807, 2.05) is 0 Å². The molecule has 6 nitrogen and oxygen atoms in total. The van der Waals surface area contributed by atoms with Crippen molar-refractivity contribution < 1.29 is 19.2 Å². The molecular formula is C16H18ClNO5. The van der Waals surface area contributed by atoms with E-state index in [0.717, 1.165) is 0 Å². The molecule has 0 amide bonds. The van der Waals surface area contributed by atoms with Crippen molar-refractivity contribution in [3.63, 3.8) is 0 Å². The zero-order valence-corrected chi connectivity index (χ0v) is 13.5. The molecule has 0 N–H and O–H groups in total. The number of carbonyl (C=O) groups is 2. The predicted molar refractivity (Wildman–Crippen MR) is 84.0 cm³/mol. The number of nitrogens with zero attached hydrogens (tertiary/aromatic N) is 1. The van der Waals surface area contributed by atoms with E-state index in [9.17, 15) is 19.7 Å². The van der Waals surface area contributed by atoms with E-state index >= 15 is 0 Å². The Bertz CT molecular complexity index is 605. The lowest BCUT2D eigenvalue weighted by Crippen LogP contribution is -2.49. The van der Waals surface area contributed by atoms with Crippen molar-refractivity contribution in [2.24, 2.45) is 5.41 Å². The van der Waals surface area contributed by atoms with E-state index in [2.05, 4.69) is 0 Å². The van der Waals surface area contributed by atoms with E-state index in [1.165, 1.54) is 7.11 Å². The summed E-state index contributed by atoms with van der Waals surface area (Å²) in [4.78, 5) is 35.8. The molecule has 0 radical (unpaired) electrons. The fourth-order valence-electron chi connectivity index (χ4n) is 3.35. The zero-order chi connectivity index (χ0) is 17.0. The van der Waals surface area contributed by atoms with Crippen molar-refractivity contribution in [2.45, 2.75) is 31.6 Å². The van der Waals surface area contributed by atoms with Crippen LogP contribution in [0.25, 0.3) is 0 Å². The Morgan fingerprint density at radius 2 is 2.04 bits per heavy atom. The third-order valence-corrected chi connectivity index (χ3v) is 4.72. The summed E-state index contributed by atoms with van der Waals surface area (Å²) in [5, 5.41) is 11.7. The molecule has 1 saturated carbocycles. The number of hydrogen-bond donors (Lipinski definition) is 0. The van der Waals surface area contributed by atoms with Crippen molar-refractivity contribution >= 4 is 23.4 Å². The van der Waals surface area contributed by atoms with Gasteiger partial charge in [-0.05, 0) is 30.5 Å². The minimum atomic E-state index is -1.49. The zero-order valence-electron chi connectivity index (χ0n) is 12.8. The number of methoxy groups -OCH3 is 1. The average molecular weight is 340 g/mol. The van der Waals surface area contributed by atoms with Crippen molar-refractivity contribution in [1.29, 1.82) is 0 Å². The molecule has 7 heteroatoms. The van der Waals surface area contributed by atoms with Crippen LogP contribution in [0.1, 0.15) is 37.2 Å². The van der Waals surface area contributed by atoms with Crippen LogP contribution in [0.5, 0.6) is 0 Å². The highest BCUT2D eigenvalue weighted by Gasteiger charge is 2.55. The molecule has 0 aliphatic heterocycles. The fourth-order valence-corrected chi connectivity index (χ4v) is 3.48. The summed E-state index contributed by atoms with van der Waals surface area (Å²) in [6, 6.07) is 6.45. The van der Waals surface area contributed by atoms with Crippen LogP contribution in [-0.4, -0.2) is 30.3 Å². The second kappa shape index (κ2) is 7.08. The Hall–Kier alpha value is -1.95. The van der Waals surface area contributed by atoms with E-state index in [-0.39, 0.29) is 18.6 Å². The van der Waals surface area contributed by atoms with Gasteiger partial charge in [-0.3, -0.25) is 19.7 Å². The van der Waals surface area contributed by atoms with Crippen LogP contribution in [-0.2, 0) is 14.3 Å². The molecule has 0 saturated heterocycles. The number of rotatable bonds is 5. The van der Waals surface area contributed by atoms with Gasteiger partial charge < -0.3 is 4.74 Å². The van der Waals surface area contributed by atoms with Gasteiger partial charge in [0.2, 0.25) is 6.54 Å². The lowest BCUT2D eigenvalue weighted by atomic mass is 9.63. The standard InChI is InChI=1S/C16H18ClNO5/c1-23-15(20)16(9-3-2-4-14(16)19)13(10-18(21)22)11-5-7-12(17)8-6-11/h5-8,13H,2-4,9-10H2,1H3/t13-,16+/m1/s1. The van der Waals surface area contributed by atoms with Crippen LogP contribution in [0.3, 0.4) is 0 Å². The highest BCUT2D eigenvalue weighted by atomic mass is 35.5. The summed E-state index contributed by atoms with van der Waals surface area (Å²) >= 11 is 5.87. The fraction of sp³-hybridized carbons (Fsp3) is 0.500. The predicted octanol–water partition coefficient (Wildman–Crippen LogP) is 3.00. The van der Waals surface area contributed by atoms with Gasteiger partial charge in [-0.2, -0.15) is 0 Å².